The van der Waals surface area contributed by atoms with Gasteiger partial charge in [0.15, 0.2) is 9.84 Å². The van der Waals surface area contributed by atoms with Gasteiger partial charge in [-0.15, -0.1) is 0 Å². The zero-order valence-corrected chi connectivity index (χ0v) is 16.4. The maximum absolute atomic E-state index is 13.5. The molecule has 2 aromatic rings. The summed E-state index contributed by atoms with van der Waals surface area (Å²) in [7, 11) is -3.23. The number of benzene rings is 1. The van der Waals surface area contributed by atoms with Crippen molar-refractivity contribution in [3.63, 3.8) is 0 Å². The highest BCUT2D eigenvalue weighted by molar-refractivity contribution is 7.91. The average molecular weight is 417 g/mol. The summed E-state index contributed by atoms with van der Waals surface area (Å²) in [4.78, 5) is 18.1. The van der Waals surface area contributed by atoms with E-state index in [0.717, 1.165) is 4.57 Å². The van der Waals surface area contributed by atoms with Crippen LogP contribution in [0.15, 0.2) is 24.3 Å². The third-order valence-corrected chi connectivity index (χ3v) is 6.48. The summed E-state index contributed by atoms with van der Waals surface area (Å²) in [5.41, 5.74) is 0.369. The van der Waals surface area contributed by atoms with Gasteiger partial charge in [0.1, 0.15) is 6.54 Å². The molecular formula is C18H22F3N3O3S. The van der Waals surface area contributed by atoms with Crippen molar-refractivity contribution in [2.45, 2.75) is 39.0 Å². The van der Waals surface area contributed by atoms with Gasteiger partial charge in [0.05, 0.1) is 22.5 Å². The molecule has 10 heteroatoms. The predicted octanol–water partition coefficient (Wildman–Crippen LogP) is 2.73. The molecule has 0 N–H and O–H groups in total. The highest BCUT2D eigenvalue weighted by atomic mass is 32.2. The third kappa shape index (κ3) is 4.31. The summed E-state index contributed by atoms with van der Waals surface area (Å²) in [6, 6.07) is 5.60. The summed E-state index contributed by atoms with van der Waals surface area (Å²) >= 11 is 0. The van der Waals surface area contributed by atoms with Crippen molar-refractivity contribution in [1.29, 1.82) is 0 Å². The van der Waals surface area contributed by atoms with Gasteiger partial charge in [-0.2, -0.15) is 13.2 Å². The second-order valence-corrected chi connectivity index (χ2v) is 9.73. The first kappa shape index (κ1) is 20.6. The molecule has 1 aromatic heterocycles. The molecule has 1 amide bonds. The lowest BCUT2D eigenvalue weighted by atomic mass is 10.1. The number of fused-ring (bicyclic) bond motifs is 1. The number of aromatic nitrogens is 2. The zero-order valence-electron chi connectivity index (χ0n) is 15.6. The van der Waals surface area contributed by atoms with Crippen molar-refractivity contribution < 1.29 is 26.4 Å². The molecule has 1 aliphatic heterocycles. The molecule has 0 bridgehead atoms. The molecule has 0 spiro atoms. The Morgan fingerprint density at radius 2 is 2.00 bits per heavy atom. The Kier molecular flexibility index (Phi) is 5.44. The molecule has 1 aliphatic rings. The van der Waals surface area contributed by atoms with E-state index in [2.05, 4.69) is 4.98 Å². The monoisotopic (exact) mass is 417 g/mol. The number of imidazole rings is 1. The lowest BCUT2D eigenvalue weighted by molar-refractivity contribution is -0.148. The minimum atomic E-state index is -4.71. The second kappa shape index (κ2) is 7.38. The van der Waals surface area contributed by atoms with Crippen LogP contribution in [0, 0.1) is 5.92 Å². The summed E-state index contributed by atoms with van der Waals surface area (Å²) in [5, 5.41) is 0. The smallest absolute Gasteiger partial charge is 0.337 e. The van der Waals surface area contributed by atoms with Crippen LogP contribution in [-0.2, 0) is 27.4 Å². The number of para-hydroxylation sites is 2. The number of sulfone groups is 1. The van der Waals surface area contributed by atoms with Gasteiger partial charge in [-0.25, -0.2) is 13.4 Å². The number of carbonyl (C=O) groups is 1. The molecule has 0 unspecified atom stereocenters. The molecule has 0 saturated carbocycles. The van der Waals surface area contributed by atoms with Crippen LogP contribution in [0.25, 0.3) is 11.0 Å². The van der Waals surface area contributed by atoms with Gasteiger partial charge in [-0.3, -0.25) is 4.79 Å². The van der Waals surface area contributed by atoms with Crippen molar-refractivity contribution >= 4 is 26.8 Å². The molecule has 0 radical (unpaired) electrons. The molecule has 2 heterocycles. The van der Waals surface area contributed by atoms with Gasteiger partial charge >= 0.3 is 6.18 Å². The van der Waals surface area contributed by atoms with E-state index in [1.807, 2.05) is 13.8 Å². The SMILES string of the molecule is CC(C)CN(C(=O)Cn1c(C(F)(F)F)nc2ccccc21)[C@@H]1CCS(=O)(=O)C1. The van der Waals surface area contributed by atoms with E-state index in [0.29, 0.717) is 6.42 Å². The first-order valence-corrected chi connectivity index (χ1v) is 10.8. The van der Waals surface area contributed by atoms with Crippen LogP contribution in [0.4, 0.5) is 13.2 Å². The molecule has 0 aliphatic carbocycles. The molecule has 154 valence electrons. The van der Waals surface area contributed by atoms with Crippen LogP contribution in [0.3, 0.4) is 0 Å². The van der Waals surface area contributed by atoms with Crippen LogP contribution in [0.1, 0.15) is 26.1 Å². The quantitative estimate of drug-likeness (QED) is 0.750. The maximum Gasteiger partial charge on any atom is 0.449 e. The third-order valence-electron chi connectivity index (χ3n) is 4.73. The normalized spacial score (nSPS) is 19.4. The van der Waals surface area contributed by atoms with Gasteiger partial charge in [0.25, 0.3) is 0 Å². The highest BCUT2D eigenvalue weighted by Gasteiger charge is 2.39. The largest absolute Gasteiger partial charge is 0.449 e. The summed E-state index contributed by atoms with van der Waals surface area (Å²) < 4.78 is 64.9. The van der Waals surface area contributed by atoms with Crippen LogP contribution in [-0.4, -0.2) is 52.9 Å². The molecular weight excluding hydrogens is 395 g/mol. The van der Waals surface area contributed by atoms with Gasteiger partial charge < -0.3 is 9.47 Å². The Labute approximate surface area is 161 Å². The fraction of sp³-hybridized carbons (Fsp3) is 0.556. The Bertz CT molecular complexity index is 983. The van der Waals surface area contributed by atoms with E-state index in [9.17, 15) is 26.4 Å². The summed E-state index contributed by atoms with van der Waals surface area (Å²) in [5.74, 6) is -1.78. The fourth-order valence-electron chi connectivity index (χ4n) is 3.55. The predicted molar refractivity (Wildman–Crippen MR) is 98.3 cm³/mol. The molecule has 1 fully saturated rings. The topological polar surface area (TPSA) is 72.3 Å². The number of halogens is 3. The van der Waals surface area contributed by atoms with Crippen molar-refractivity contribution in [1.82, 2.24) is 14.5 Å². The number of hydrogen-bond acceptors (Lipinski definition) is 4. The van der Waals surface area contributed by atoms with E-state index in [1.54, 1.807) is 12.1 Å². The molecule has 1 aromatic carbocycles. The number of alkyl halides is 3. The molecule has 1 saturated heterocycles. The number of amides is 1. The van der Waals surface area contributed by atoms with Crippen LogP contribution in [0.2, 0.25) is 0 Å². The standard InChI is InChI=1S/C18H22F3N3O3S/c1-12(2)9-23(13-7-8-28(26,27)11-13)16(25)10-24-15-6-4-3-5-14(15)22-17(24)18(19,20)21/h3-6,12-13H,7-11H2,1-2H3/t13-/m1/s1. The van der Waals surface area contributed by atoms with Crippen LogP contribution in [0.5, 0.6) is 0 Å². The first-order chi connectivity index (χ1) is 13.0. The van der Waals surface area contributed by atoms with E-state index in [4.69, 9.17) is 0 Å². The Balaban J connectivity index is 1.96. The van der Waals surface area contributed by atoms with Crippen LogP contribution >= 0.6 is 0 Å². The van der Waals surface area contributed by atoms with Crippen molar-refractivity contribution in [2.24, 2.45) is 5.92 Å². The fourth-order valence-corrected chi connectivity index (χ4v) is 5.28. The molecule has 6 nitrogen and oxygen atoms in total. The van der Waals surface area contributed by atoms with Crippen LogP contribution < -0.4 is 0 Å². The van der Waals surface area contributed by atoms with Gasteiger partial charge in [0.2, 0.25) is 11.7 Å². The minimum Gasteiger partial charge on any atom is -0.337 e. The summed E-state index contributed by atoms with van der Waals surface area (Å²) in [6.45, 7) is 3.49. The zero-order chi connectivity index (χ0) is 20.7. The van der Waals surface area contributed by atoms with Gasteiger partial charge in [-0.05, 0) is 24.5 Å². The second-order valence-electron chi connectivity index (χ2n) is 7.50. The molecule has 3 rings (SSSR count). The first-order valence-electron chi connectivity index (χ1n) is 9.00. The highest BCUT2D eigenvalue weighted by Crippen LogP contribution is 2.32. The van der Waals surface area contributed by atoms with E-state index < -0.39 is 40.3 Å². The Morgan fingerprint density at radius 3 is 2.57 bits per heavy atom. The number of carbonyl (C=O) groups excluding carboxylic acids is 1. The van der Waals surface area contributed by atoms with E-state index in [1.165, 1.54) is 17.0 Å². The lowest BCUT2D eigenvalue weighted by Crippen LogP contribution is -2.45. The van der Waals surface area contributed by atoms with Crippen molar-refractivity contribution in [3.8, 4) is 0 Å². The summed E-state index contributed by atoms with van der Waals surface area (Å²) in [6.07, 6.45) is -4.41. The molecule has 28 heavy (non-hydrogen) atoms. The van der Waals surface area contributed by atoms with E-state index in [-0.39, 0.29) is 35.0 Å². The minimum absolute atomic E-state index is 0.0126. The number of hydrogen-bond donors (Lipinski definition) is 0. The number of nitrogens with zero attached hydrogens (tertiary/aromatic N) is 3. The van der Waals surface area contributed by atoms with Crippen molar-refractivity contribution in [2.75, 3.05) is 18.1 Å². The van der Waals surface area contributed by atoms with Crippen molar-refractivity contribution in [3.05, 3.63) is 30.1 Å². The van der Waals surface area contributed by atoms with Gasteiger partial charge in [-0.1, -0.05) is 26.0 Å². The van der Waals surface area contributed by atoms with Gasteiger partial charge in [0, 0.05) is 12.6 Å². The lowest BCUT2D eigenvalue weighted by Gasteiger charge is -2.30. The Hall–Kier alpha value is -2.10. The van der Waals surface area contributed by atoms with E-state index >= 15 is 0 Å². The average Bonchev–Trinajstić information content (AvgIpc) is 3.13. The Morgan fingerprint density at radius 1 is 1.32 bits per heavy atom. The molecule has 1 atom stereocenters. The number of rotatable bonds is 5. The maximum atomic E-state index is 13.5.